The minimum Gasteiger partial charge on any atom is -0.343 e. The van der Waals surface area contributed by atoms with Crippen LogP contribution in [0.15, 0.2) is 27.8 Å². The van der Waals surface area contributed by atoms with Crippen molar-refractivity contribution < 1.29 is 13.2 Å². The summed E-state index contributed by atoms with van der Waals surface area (Å²) in [5.74, 6) is -0.0467. The standard InChI is InChI=1S/C17H20Cl2N2O3S2/c1-4-21(5-2)16(22)7-12-9-25-10-15(12)20-26(23,24)17-11(3)6-13(18)8-14(17)19/h6,8-10,20H,4-5,7H2,1-3H3. The molecular formula is C17H20Cl2N2O3S2. The molecule has 0 unspecified atom stereocenters. The highest BCUT2D eigenvalue weighted by atomic mass is 35.5. The van der Waals surface area contributed by atoms with E-state index in [0.29, 0.717) is 34.9 Å². The van der Waals surface area contributed by atoms with Crippen LogP contribution in [0, 0.1) is 6.92 Å². The quantitative estimate of drug-likeness (QED) is 0.693. The number of carbonyl (C=O) groups excluding carboxylic acids is 1. The molecule has 0 atom stereocenters. The fourth-order valence-corrected chi connectivity index (χ4v) is 5.77. The number of rotatable bonds is 7. The van der Waals surface area contributed by atoms with Crippen molar-refractivity contribution in [3.63, 3.8) is 0 Å². The van der Waals surface area contributed by atoms with Crippen molar-refractivity contribution in [3.8, 4) is 0 Å². The van der Waals surface area contributed by atoms with Crippen LogP contribution < -0.4 is 4.72 Å². The number of thiophene rings is 1. The van der Waals surface area contributed by atoms with Gasteiger partial charge in [-0.1, -0.05) is 23.2 Å². The van der Waals surface area contributed by atoms with Crippen molar-refractivity contribution in [3.05, 3.63) is 44.1 Å². The number of anilines is 1. The molecule has 1 N–H and O–H groups in total. The van der Waals surface area contributed by atoms with E-state index in [0.717, 1.165) is 0 Å². The number of likely N-dealkylation sites (N-methyl/N-ethyl adjacent to an activating group) is 1. The number of carbonyl (C=O) groups is 1. The molecule has 0 aliphatic carbocycles. The molecule has 0 saturated heterocycles. The normalized spacial score (nSPS) is 11.4. The Morgan fingerprint density at radius 1 is 1.19 bits per heavy atom. The first-order valence-corrected chi connectivity index (χ1v) is 11.2. The maximum atomic E-state index is 12.8. The maximum Gasteiger partial charge on any atom is 0.263 e. The molecule has 1 heterocycles. The SMILES string of the molecule is CCN(CC)C(=O)Cc1cscc1NS(=O)(=O)c1c(C)cc(Cl)cc1Cl. The lowest BCUT2D eigenvalue weighted by molar-refractivity contribution is -0.130. The van der Waals surface area contributed by atoms with Crippen LogP contribution in [0.25, 0.3) is 0 Å². The zero-order chi connectivity index (χ0) is 19.5. The Morgan fingerprint density at radius 2 is 1.85 bits per heavy atom. The van der Waals surface area contributed by atoms with Crippen molar-refractivity contribution in [1.29, 1.82) is 0 Å². The Labute approximate surface area is 168 Å². The Morgan fingerprint density at radius 3 is 2.42 bits per heavy atom. The molecule has 0 spiro atoms. The number of nitrogens with zero attached hydrogens (tertiary/aromatic N) is 1. The zero-order valence-electron chi connectivity index (χ0n) is 14.7. The number of aryl methyl sites for hydroxylation is 1. The minimum absolute atomic E-state index is 0.0178. The molecule has 2 rings (SSSR count). The van der Waals surface area contributed by atoms with Crippen molar-refractivity contribution in [2.45, 2.75) is 32.1 Å². The van der Waals surface area contributed by atoms with E-state index >= 15 is 0 Å². The molecule has 2 aromatic rings. The summed E-state index contributed by atoms with van der Waals surface area (Å²) in [6, 6.07) is 2.93. The first-order chi connectivity index (χ1) is 12.2. The second-order valence-electron chi connectivity index (χ2n) is 5.69. The van der Waals surface area contributed by atoms with Gasteiger partial charge in [0.05, 0.1) is 17.1 Å². The van der Waals surface area contributed by atoms with Gasteiger partial charge in [0.1, 0.15) is 4.90 Å². The molecule has 0 aliphatic rings. The summed E-state index contributed by atoms with van der Waals surface area (Å²) in [7, 11) is -3.91. The Bertz CT molecular complexity index is 883. The lowest BCUT2D eigenvalue weighted by Crippen LogP contribution is -2.31. The average Bonchev–Trinajstić information content (AvgIpc) is 2.93. The predicted molar refractivity (Wildman–Crippen MR) is 108 cm³/mol. The highest BCUT2D eigenvalue weighted by Crippen LogP contribution is 2.32. The molecule has 9 heteroatoms. The largest absolute Gasteiger partial charge is 0.343 e. The molecular weight excluding hydrogens is 415 g/mol. The van der Waals surface area contributed by atoms with E-state index in [-0.39, 0.29) is 22.2 Å². The minimum atomic E-state index is -3.91. The van der Waals surface area contributed by atoms with Gasteiger partial charge in [-0.05, 0) is 49.4 Å². The van der Waals surface area contributed by atoms with Gasteiger partial charge >= 0.3 is 0 Å². The van der Waals surface area contributed by atoms with Gasteiger partial charge in [-0.3, -0.25) is 9.52 Å². The van der Waals surface area contributed by atoms with Crippen LogP contribution in [-0.2, 0) is 21.2 Å². The Hall–Kier alpha value is -1.28. The first-order valence-electron chi connectivity index (χ1n) is 8.00. The van der Waals surface area contributed by atoms with Crippen LogP contribution >= 0.6 is 34.5 Å². The second-order valence-corrected chi connectivity index (χ2v) is 8.90. The fourth-order valence-electron chi connectivity index (χ4n) is 2.63. The van der Waals surface area contributed by atoms with Crippen molar-refractivity contribution in [1.82, 2.24) is 4.90 Å². The van der Waals surface area contributed by atoms with E-state index in [2.05, 4.69) is 4.72 Å². The smallest absolute Gasteiger partial charge is 0.263 e. The molecule has 0 aliphatic heterocycles. The number of halogens is 2. The van der Waals surface area contributed by atoms with Gasteiger partial charge in [0.2, 0.25) is 5.91 Å². The maximum absolute atomic E-state index is 12.8. The van der Waals surface area contributed by atoms with E-state index < -0.39 is 10.0 Å². The first kappa shape index (κ1) is 21.0. The van der Waals surface area contributed by atoms with Crippen LogP contribution in [-0.4, -0.2) is 32.3 Å². The summed E-state index contributed by atoms with van der Waals surface area (Å²) in [6.45, 7) is 6.67. The number of benzene rings is 1. The van der Waals surface area contributed by atoms with Gasteiger partial charge in [0, 0.05) is 23.5 Å². The van der Waals surface area contributed by atoms with Gasteiger partial charge in [-0.15, -0.1) is 11.3 Å². The van der Waals surface area contributed by atoms with Gasteiger partial charge in [-0.25, -0.2) is 8.42 Å². The van der Waals surface area contributed by atoms with Crippen molar-refractivity contribution >= 4 is 56.2 Å². The predicted octanol–water partition coefficient (Wildman–Crippen LogP) is 4.58. The van der Waals surface area contributed by atoms with Gasteiger partial charge in [-0.2, -0.15) is 0 Å². The number of sulfonamides is 1. The highest BCUT2D eigenvalue weighted by molar-refractivity contribution is 7.93. The number of amides is 1. The molecule has 5 nitrogen and oxygen atoms in total. The summed E-state index contributed by atoms with van der Waals surface area (Å²) >= 11 is 13.3. The summed E-state index contributed by atoms with van der Waals surface area (Å²) in [5, 5.41) is 3.86. The lowest BCUT2D eigenvalue weighted by atomic mass is 10.2. The van der Waals surface area contributed by atoms with E-state index in [9.17, 15) is 13.2 Å². The Balaban J connectivity index is 2.30. The van der Waals surface area contributed by atoms with Gasteiger partial charge in [0.25, 0.3) is 10.0 Å². The lowest BCUT2D eigenvalue weighted by Gasteiger charge is -2.19. The summed E-state index contributed by atoms with van der Waals surface area (Å²) in [6.07, 6.45) is 0.135. The molecule has 1 aromatic carbocycles. The number of nitrogens with one attached hydrogen (secondary N) is 1. The van der Waals surface area contributed by atoms with E-state index in [1.165, 1.54) is 17.4 Å². The number of hydrogen-bond donors (Lipinski definition) is 1. The topological polar surface area (TPSA) is 66.5 Å². The summed E-state index contributed by atoms with van der Waals surface area (Å²) in [4.78, 5) is 14.0. The third kappa shape index (κ3) is 4.71. The van der Waals surface area contributed by atoms with Crippen LogP contribution in [0.4, 0.5) is 5.69 Å². The van der Waals surface area contributed by atoms with E-state index in [1.54, 1.807) is 28.7 Å². The van der Waals surface area contributed by atoms with Gasteiger partial charge in [0.15, 0.2) is 0 Å². The fraction of sp³-hybridized carbons (Fsp3) is 0.353. The second kappa shape index (κ2) is 8.61. The molecule has 0 bridgehead atoms. The molecule has 0 radical (unpaired) electrons. The number of hydrogen-bond acceptors (Lipinski definition) is 4. The monoisotopic (exact) mass is 434 g/mol. The molecule has 26 heavy (non-hydrogen) atoms. The highest BCUT2D eigenvalue weighted by Gasteiger charge is 2.23. The molecule has 0 fully saturated rings. The summed E-state index contributed by atoms with van der Waals surface area (Å²) < 4.78 is 28.2. The molecule has 142 valence electrons. The molecule has 1 aromatic heterocycles. The van der Waals surface area contributed by atoms with Crippen LogP contribution in [0.5, 0.6) is 0 Å². The Kier molecular flexibility index (Phi) is 6.96. The van der Waals surface area contributed by atoms with Gasteiger partial charge < -0.3 is 4.90 Å². The zero-order valence-corrected chi connectivity index (χ0v) is 17.8. The van der Waals surface area contributed by atoms with Crippen molar-refractivity contribution in [2.24, 2.45) is 0 Å². The molecule has 0 saturated carbocycles. The van der Waals surface area contributed by atoms with E-state index in [4.69, 9.17) is 23.2 Å². The third-order valence-electron chi connectivity index (χ3n) is 3.91. The summed E-state index contributed by atoms with van der Waals surface area (Å²) in [5.41, 5.74) is 1.48. The van der Waals surface area contributed by atoms with Crippen LogP contribution in [0.3, 0.4) is 0 Å². The van der Waals surface area contributed by atoms with Crippen LogP contribution in [0.2, 0.25) is 10.0 Å². The van der Waals surface area contributed by atoms with Crippen LogP contribution in [0.1, 0.15) is 25.0 Å². The molecule has 1 amide bonds. The van der Waals surface area contributed by atoms with E-state index in [1.807, 2.05) is 13.8 Å². The third-order valence-corrected chi connectivity index (χ3v) is 6.90. The van der Waals surface area contributed by atoms with Crippen molar-refractivity contribution in [2.75, 3.05) is 17.8 Å². The average molecular weight is 435 g/mol.